The minimum absolute atomic E-state index is 0.123. The lowest BCUT2D eigenvalue weighted by atomic mass is 9.89. The summed E-state index contributed by atoms with van der Waals surface area (Å²) in [6.45, 7) is 3.79. The van der Waals surface area contributed by atoms with Gasteiger partial charge in [-0.05, 0) is 43.5 Å². The van der Waals surface area contributed by atoms with E-state index < -0.39 is 0 Å². The maximum Gasteiger partial charge on any atom is 0.227 e. The first-order chi connectivity index (χ1) is 13.3. The minimum atomic E-state index is 0.123. The summed E-state index contributed by atoms with van der Waals surface area (Å²) in [5.41, 5.74) is 3.20. The number of allylic oxidation sites excluding steroid dienone is 4. The Balaban J connectivity index is 1.81. The molecule has 1 saturated carbocycles. The highest BCUT2D eigenvalue weighted by atomic mass is 32.2. The van der Waals surface area contributed by atoms with Crippen LogP contribution in [-0.2, 0) is 10.5 Å². The largest absolute Gasteiger partial charge is 0.319 e. The Morgan fingerprint density at radius 2 is 1.96 bits per heavy atom. The number of hydrogen-bond acceptors (Lipinski definition) is 3. The highest BCUT2D eigenvalue weighted by Crippen LogP contribution is 2.31. The summed E-state index contributed by atoms with van der Waals surface area (Å²) >= 11 is 1.64. The Hall–Kier alpha value is -2.07. The van der Waals surface area contributed by atoms with Gasteiger partial charge in [-0.3, -0.25) is 9.79 Å². The van der Waals surface area contributed by atoms with E-state index in [9.17, 15) is 4.79 Å². The molecule has 0 heterocycles. The van der Waals surface area contributed by atoms with Crippen LogP contribution in [0.4, 0.5) is 0 Å². The fourth-order valence-corrected chi connectivity index (χ4v) is 4.60. The van der Waals surface area contributed by atoms with Crippen molar-refractivity contribution in [1.82, 2.24) is 5.32 Å². The summed E-state index contributed by atoms with van der Waals surface area (Å²) in [5, 5.41) is 4.05. The second-order valence-electron chi connectivity index (χ2n) is 7.09. The number of nitrogens with one attached hydrogen (secondary N) is 1. The second-order valence-corrected chi connectivity index (χ2v) is 8.08. The Bertz CT molecular complexity index is 743. The van der Waals surface area contributed by atoms with Crippen molar-refractivity contribution in [1.29, 1.82) is 0 Å². The quantitative estimate of drug-likeness (QED) is 0.611. The van der Waals surface area contributed by atoms with E-state index in [-0.39, 0.29) is 11.8 Å². The molecule has 1 N–H and O–H groups in total. The van der Waals surface area contributed by atoms with Gasteiger partial charge in [0, 0.05) is 11.7 Å². The monoisotopic (exact) mass is 380 g/mol. The smallest absolute Gasteiger partial charge is 0.227 e. The molecular weight excluding hydrogens is 352 g/mol. The van der Waals surface area contributed by atoms with Crippen molar-refractivity contribution in [2.45, 2.75) is 50.7 Å². The zero-order chi connectivity index (χ0) is 18.9. The number of benzene rings is 1. The normalized spacial score (nSPS) is 18.4. The van der Waals surface area contributed by atoms with Crippen LogP contribution in [0.5, 0.6) is 0 Å². The predicted molar refractivity (Wildman–Crippen MR) is 115 cm³/mol. The maximum absolute atomic E-state index is 12.9. The molecule has 0 aromatic heterocycles. The molecule has 1 aromatic rings. The van der Waals surface area contributed by atoms with Crippen LogP contribution in [0.2, 0.25) is 0 Å². The Morgan fingerprint density at radius 3 is 2.63 bits per heavy atom. The van der Waals surface area contributed by atoms with Gasteiger partial charge < -0.3 is 5.32 Å². The molecule has 2 aliphatic rings. The van der Waals surface area contributed by atoms with E-state index in [1.54, 1.807) is 11.8 Å². The standard InChI is InChI=1S/C23H28N2OS/c1-24-21(19-13-7-3-8-14-19)23(27-17-18-11-5-2-6-12-18)25-22(26)20-15-9-4-10-16-20/h2-3,5-7,11-13,20H,1,4,8-10,14-17H2,(H,25,26)/b23-21-. The number of hydrogen-bond donors (Lipinski definition) is 1. The number of rotatable bonds is 7. The molecule has 27 heavy (non-hydrogen) atoms. The van der Waals surface area contributed by atoms with Crippen LogP contribution in [0.3, 0.4) is 0 Å². The summed E-state index contributed by atoms with van der Waals surface area (Å²) in [7, 11) is 0. The van der Waals surface area contributed by atoms with Crippen molar-refractivity contribution in [3.63, 3.8) is 0 Å². The number of carbonyl (C=O) groups is 1. The molecule has 1 aromatic carbocycles. The first-order valence-corrected chi connectivity index (χ1v) is 10.8. The zero-order valence-corrected chi connectivity index (χ0v) is 16.6. The number of carbonyl (C=O) groups excluding carboxylic acids is 1. The third-order valence-electron chi connectivity index (χ3n) is 5.13. The average Bonchev–Trinajstić information content (AvgIpc) is 2.74. The van der Waals surface area contributed by atoms with Gasteiger partial charge in [0.25, 0.3) is 0 Å². The summed E-state index contributed by atoms with van der Waals surface area (Å²) < 4.78 is 0. The predicted octanol–water partition coefficient (Wildman–Crippen LogP) is 5.76. The molecule has 3 nitrogen and oxygen atoms in total. The fourth-order valence-electron chi connectivity index (χ4n) is 3.59. The molecule has 0 atom stereocenters. The molecule has 142 valence electrons. The molecule has 0 aliphatic heterocycles. The van der Waals surface area contributed by atoms with Gasteiger partial charge in [0.2, 0.25) is 5.91 Å². The summed E-state index contributed by atoms with van der Waals surface area (Å²) in [5.74, 6) is 1.05. The van der Waals surface area contributed by atoms with Gasteiger partial charge in [-0.1, -0.05) is 67.8 Å². The van der Waals surface area contributed by atoms with Crippen LogP contribution >= 0.6 is 11.8 Å². The van der Waals surface area contributed by atoms with Crippen molar-refractivity contribution in [2.24, 2.45) is 10.9 Å². The molecule has 0 unspecified atom stereocenters. The number of aliphatic imine (C=N–C) groups is 1. The average molecular weight is 381 g/mol. The van der Waals surface area contributed by atoms with Crippen LogP contribution in [0, 0.1) is 5.92 Å². The van der Waals surface area contributed by atoms with Crippen molar-refractivity contribution in [2.75, 3.05) is 0 Å². The first-order valence-electron chi connectivity index (χ1n) is 9.82. The Labute approximate surface area is 166 Å². The van der Waals surface area contributed by atoms with Gasteiger partial charge >= 0.3 is 0 Å². The molecule has 4 heteroatoms. The second kappa shape index (κ2) is 10.3. The van der Waals surface area contributed by atoms with Gasteiger partial charge in [0.05, 0.1) is 5.70 Å². The molecule has 1 amide bonds. The van der Waals surface area contributed by atoms with Crippen LogP contribution in [0.1, 0.15) is 50.5 Å². The summed E-state index contributed by atoms with van der Waals surface area (Å²) in [6.07, 6.45) is 13.8. The SMILES string of the molecule is C=N/C(C1=CC=CCC1)=C(/NC(=O)C1CCCCC1)SCc1ccccc1. The van der Waals surface area contributed by atoms with Gasteiger partial charge in [-0.2, -0.15) is 0 Å². The highest BCUT2D eigenvalue weighted by Gasteiger charge is 2.23. The molecule has 0 bridgehead atoms. The molecular formula is C23H28N2OS. The molecule has 0 spiro atoms. The summed E-state index contributed by atoms with van der Waals surface area (Å²) in [4.78, 5) is 17.2. The van der Waals surface area contributed by atoms with Gasteiger partial charge in [-0.25, -0.2) is 0 Å². The molecule has 2 aliphatic carbocycles. The summed E-state index contributed by atoms with van der Waals surface area (Å²) in [6, 6.07) is 10.3. The van der Waals surface area contributed by atoms with E-state index in [0.717, 1.165) is 60.6 Å². The first kappa shape index (κ1) is 19.7. The molecule has 1 fully saturated rings. The number of amides is 1. The van der Waals surface area contributed by atoms with E-state index >= 15 is 0 Å². The van der Waals surface area contributed by atoms with E-state index in [2.05, 4.69) is 47.4 Å². The van der Waals surface area contributed by atoms with E-state index in [1.807, 2.05) is 18.2 Å². The van der Waals surface area contributed by atoms with Crippen molar-refractivity contribution in [3.05, 3.63) is 70.4 Å². The minimum Gasteiger partial charge on any atom is -0.319 e. The van der Waals surface area contributed by atoms with Crippen LogP contribution in [-0.4, -0.2) is 12.6 Å². The van der Waals surface area contributed by atoms with Crippen LogP contribution in [0.25, 0.3) is 0 Å². The fraction of sp³-hybridized carbons (Fsp3) is 0.391. The third kappa shape index (κ3) is 5.70. The lowest BCUT2D eigenvalue weighted by molar-refractivity contribution is -0.125. The topological polar surface area (TPSA) is 41.5 Å². The van der Waals surface area contributed by atoms with Crippen molar-refractivity contribution < 1.29 is 4.79 Å². The van der Waals surface area contributed by atoms with E-state index in [1.165, 1.54) is 12.0 Å². The van der Waals surface area contributed by atoms with Crippen molar-refractivity contribution >= 4 is 24.4 Å². The zero-order valence-electron chi connectivity index (χ0n) is 15.8. The van der Waals surface area contributed by atoms with Crippen LogP contribution in [0.15, 0.2) is 69.9 Å². The van der Waals surface area contributed by atoms with Gasteiger partial charge in [0.1, 0.15) is 5.03 Å². The lowest BCUT2D eigenvalue weighted by Crippen LogP contribution is -2.31. The Kier molecular flexibility index (Phi) is 7.52. The van der Waals surface area contributed by atoms with E-state index in [4.69, 9.17) is 0 Å². The molecule has 3 rings (SSSR count). The Morgan fingerprint density at radius 1 is 1.19 bits per heavy atom. The van der Waals surface area contributed by atoms with Gasteiger partial charge in [-0.15, -0.1) is 11.8 Å². The third-order valence-corrected chi connectivity index (χ3v) is 6.19. The lowest BCUT2D eigenvalue weighted by Gasteiger charge is -2.23. The maximum atomic E-state index is 12.9. The van der Waals surface area contributed by atoms with Crippen molar-refractivity contribution in [3.8, 4) is 0 Å². The number of thioether (sulfide) groups is 1. The van der Waals surface area contributed by atoms with Gasteiger partial charge in [0.15, 0.2) is 0 Å². The van der Waals surface area contributed by atoms with Crippen LogP contribution < -0.4 is 5.32 Å². The highest BCUT2D eigenvalue weighted by molar-refractivity contribution is 8.02. The van der Waals surface area contributed by atoms with E-state index in [0.29, 0.717) is 0 Å². The molecule has 0 saturated heterocycles. The molecule has 0 radical (unpaired) electrons. The number of nitrogens with zero attached hydrogens (tertiary/aromatic N) is 1.